The molecule has 1 aliphatic rings. The van der Waals surface area contributed by atoms with Gasteiger partial charge in [-0.1, -0.05) is 41.9 Å². The van der Waals surface area contributed by atoms with Gasteiger partial charge in [-0.3, -0.25) is 0 Å². The first-order valence-electron chi connectivity index (χ1n) is 7.73. The lowest BCUT2D eigenvalue weighted by atomic mass is 10.1. The number of hydrogen-bond donors (Lipinski definition) is 0. The molecule has 0 saturated heterocycles. The fourth-order valence-electron chi connectivity index (χ4n) is 2.95. The van der Waals surface area contributed by atoms with Crippen molar-refractivity contribution in [1.29, 1.82) is 0 Å². The van der Waals surface area contributed by atoms with Crippen LogP contribution in [0.3, 0.4) is 0 Å². The van der Waals surface area contributed by atoms with Gasteiger partial charge in [-0.05, 0) is 36.2 Å². The van der Waals surface area contributed by atoms with Crippen molar-refractivity contribution in [2.45, 2.75) is 18.4 Å². The molecule has 23 heavy (non-hydrogen) atoms. The number of aryl methyl sites for hydroxylation is 1. The number of nitrogens with zero attached hydrogens (tertiary/aromatic N) is 2. The molecular formula is C19H17ClN2S. The van der Waals surface area contributed by atoms with Gasteiger partial charge in [-0.15, -0.1) is 11.8 Å². The SMILES string of the molecule is Cc1ccc2c(c1)SCCN(c1cc(Cl)c3ccccc3n1)C2. The number of pyridine rings is 1. The molecule has 0 bridgehead atoms. The van der Waals surface area contributed by atoms with Crippen molar-refractivity contribution >= 4 is 40.1 Å². The molecule has 0 aliphatic carbocycles. The Morgan fingerprint density at radius 3 is 2.91 bits per heavy atom. The molecule has 1 aromatic heterocycles. The molecule has 1 aliphatic heterocycles. The summed E-state index contributed by atoms with van der Waals surface area (Å²) < 4.78 is 0. The van der Waals surface area contributed by atoms with Crippen molar-refractivity contribution in [1.82, 2.24) is 4.98 Å². The van der Waals surface area contributed by atoms with Crippen molar-refractivity contribution in [2.75, 3.05) is 17.2 Å². The summed E-state index contributed by atoms with van der Waals surface area (Å²) in [6.45, 7) is 4.00. The Hall–Kier alpha value is -1.71. The maximum absolute atomic E-state index is 6.47. The van der Waals surface area contributed by atoms with Gasteiger partial charge in [0.05, 0.1) is 10.5 Å². The highest BCUT2D eigenvalue weighted by Gasteiger charge is 2.17. The quantitative estimate of drug-likeness (QED) is 0.597. The highest BCUT2D eigenvalue weighted by atomic mass is 35.5. The summed E-state index contributed by atoms with van der Waals surface area (Å²) in [5.41, 5.74) is 3.64. The lowest BCUT2D eigenvalue weighted by Crippen LogP contribution is -2.24. The van der Waals surface area contributed by atoms with Crippen LogP contribution in [0, 0.1) is 6.92 Å². The number of anilines is 1. The zero-order valence-corrected chi connectivity index (χ0v) is 14.5. The van der Waals surface area contributed by atoms with Gasteiger partial charge in [0.15, 0.2) is 0 Å². The van der Waals surface area contributed by atoms with Crippen LogP contribution in [-0.4, -0.2) is 17.3 Å². The second kappa shape index (κ2) is 6.06. The lowest BCUT2D eigenvalue weighted by molar-refractivity contribution is 0.821. The van der Waals surface area contributed by atoms with Crippen LogP contribution >= 0.6 is 23.4 Å². The predicted molar refractivity (Wildman–Crippen MR) is 99.7 cm³/mol. The standard InChI is InChI=1S/C19H17ClN2S/c1-13-6-7-14-12-22(8-9-23-18(14)10-13)19-11-16(20)15-4-2-3-5-17(15)21-19/h2-7,10-11H,8-9,12H2,1H3. The van der Waals surface area contributed by atoms with Gasteiger partial charge in [0.2, 0.25) is 0 Å². The van der Waals surface area contributed by atoms with E-state index >= 15 is 0 Å². The minimum Gasteiger partial charge on any atom is -0.351 e. The molecule has 4 heteroatoms. The van der Waals surface area contributed by atoms with Gasteiger partial charge >= 0.3 is 0 Å². The maximum Gasteiger partial charge on any atom is 0.131 e. The van der Waals surface area contributed by atoms with Gasteiger partial charge < -0.3 is 4.90 Å². The molecule has 4 rings (SSSR count). The van der Waals surface area contributed by atoms with Crippen molar-refractivity contribution in [3.63, 3.8) is 0 Å². The Morgan fingerprint density at radius 1 is 1.13 bits per heavy atom. The predicted octanol–water partition coefficient (Wildman–Crippen LogP) is 5.31. The molecule has 0 unspecified atom stereocenters. The van der Waals surface area contributed by atoms with Crippen LogP contribution in [0.5, 0.6) is 0 Å². The number of fused-ring (bicyclic) bond motifs is 2. The number of aromatic nitrogens is 1. The van der Waals surface area contributed by atoms with E-state index in [1.54, 1.807) is 0 Å². The maximum atomic E-state index is 6.47. The van der Waals surface area contributed by atoms with Crippen LogP contribution in [0.15, 0.2) is 53.4 Å². The number of thioether (sulfide) groups is 1. The van der Waals surface area contributed by atoms with Crippen LogP contribution in [0.1, 0.15) is 11.1 Å². The van der Waals surface area contributed by atoms with Crippen molar-refractivity contribution in [3.05, 3.63) is 64.7 Å². The summed E-state index contributed by atoms with van der Waals surface area (Å²) in [7, 11) is 0. The molecule has 3 aromatic rings. The Morgan fingerprint density at radius 2 is 2.00 bits per heavy atom. The van der Waals surface area contributed by atoms with Crippen LogP contribution in [0.25, 0.3) is 10.9 Å². The highest BCUT2D eigenvalue weighted by Crippen LogP contribution is 2.32. The molecule has 2 aromatic carbocycles. The van der Waals surface area contributed by atoms with Crippen molar-refractivity contribution in [3.8, 4) is 0 Å². The van der Waals surface area contributed by atoms with Crippen molar-refractivity contribution < 1.29 is 0 Å². The van der Waals surface area contributed by atoms with Gasteiger partial charge in [-0.2, -0.15) is 0 Å². The monoisotopic (exact) mass is 340 g/mol. The minimum atomic E-state index is 0.770. The molecule has 2 heterocycles. The van der Waals surface area contributed by atoms with E-state index < -0.39 is 0 Å². The molecule has 0 saturated carbocycles. The van der Waals surface area contributed by atoms with E-state index in [2.05, 4.69) is 30.0 Å². The third kappa shape index (κ3) is 2.91. The Kier molecular flexibility index (Phi) is 3.92. The molecule has 116 valence electrons. The van der Waals surface area contributed by atoms with Gasteiger partial charge in [-0.25, -0.2) is 4.98 Å². The van der Waals surface area contributed by atoms with Crippen LogP contribution in [-0.2, 0) is 6.54 Å². The first kappa shape index (κ1) is 14.9. The first-order valence-corrected chi connectivity index (χ1v) is 9.09. The fourth-order valence-corrected chi connectivity index (χ4v) is 4.33. The molecule has 0 amide bonds. The summed E-state index contributed by atoms with van der Waals surface area (Å²) >= 11 is 8.40. The van der Waals surface area contributed by atoms with Crippen LogP contribution in [0.4, 0.5) is 5.82 Å². The minimum absolute atomic E-state index is 0.770. The second-order valence-corrected chi connectivity index (χ2v) is 7.40. The van der Waals surface area contributed by atoms with Crippen LogP contribution < -0.4 is 4.90 Å². The fraction of sp³-hybridized carbons (Fsp3) is 0.211. The van der Waals surface area contributed by atoms with Crippen molar-refractivity contribution in [2.24, 2.45) is 0 Å². The average Bonchev–Trinajstić information content (AvgIpc) is 2.77. The number of halogens is 1. The van der Waals surface area contributed by atoms with E-state index in [1.165, 1.54) is 16.0 Å². The number of rotatable bonds is 1. The van der Waals surface area contributed by atoms with E-state index in [9.17, 15) is 0 Å². The van der Waals surface area contributed by atoms with Gasteiger partial charge in [0.25, 0.3) is 0 Å². The Balaban J connectivity index is 1.74. The van der Waals surface area contributed by atoms with Gasteiger partial charge in [0.1, 0.15) is 5.82 Å². The van der Waals surface area contributed by atoms with Crippen LogP contribution in [0.2, 0.25) is 5.02 Å². The number of hydrogen-bond acceptors (Lipinski definition) is 3. The molecule has 0 atom stereocenters. The van der Waals surface area contributed by atoms with E-state index in [1.807, 2.05) is 42.1 Å². The highest BCUT2D eigenvalue weighted by molar-refractivity contribution is 7.99. The molecule has 0 N–H and O–H groups in total. The smallest absolute Gasteiger partial charge is 0.131 e. The summed E-state index contributed by atoms with van der Waals surface area (Å²) in [4.78, 5) is 8.54. The molecule has 0 spiro atoms. The Labute approximate surface area is 145 Å². The lowest BCUT2D eigenvalue weighted by Gasteiger charge is -2.22. The summed E-state index contributed by atoms with van der Waals surface area (Å²) in [6, 6.07) is 16.7. The summed E-state index contributed by atoms with van der Waals surface area (Å²) in [5.74, 6) is 2.02. The molecule has 2 nitrogen and oxygen atoms in total. The zero-order chi connectivity index (χ0) is 15.8. The summed E-state index contributed by atoms with van der Waals surface area (Å²) in [5, 5.41) is 1.78. The van der Waals surface area contributed by atoms with E-state index in [-0.39, 0.29) is 0 Å². The largest absolute Gasteiger partial charge is 0.351 e. The number of para-hydroxylation sites is 1. The Bertz CT molecular complexity index is 878. The van der Waals surface area contributed by atoms with E-state index in [0.717, 1.165) is 40.6 Å². The topological polar surface area (TPSA) is 16.1 Å². The first-order chi connectivity index (χ1) is 11.2. The normalized spacial score (nSPS) is 14.6. The molecule has 0 fully saturated rings. The number of benzene rings is 2. The molecule has 0 radical (unpaired) electrons. The third-order valence-corrected chi connectivity index (χ3v) is 5.57. The van der Waals surface area contributed by atoms with Gasteiger partial charge in [0, 0.05) is 29.1 Å². The second-order valence-electron chi connectivity index (χ2n) is 5.86. The zero-order valence-electron chi connectivity index (χ0n) is 12.9. The average molecular weight is 341 g/mol. The van der Waals surface area contributed by atoms with E-state index in [4.69, 9.17) is 16.6 Å². The van der Waals surface area contributed by atoms with E-state index in [0.29, 0.717) is 0 Å². The third-order valence-electron chi connectivity index (χ3n) is 4.18. The summed E-state index contributed by atoms with van der Waals surface area (Å²) in [6.07, 6.45) is 0. The molecular weight excluding hydrogens is 324 g/mol.